The van der Waals surface area contributed by atoms with Crippen molar-refractivity contribution < 1.29 is 9.53 Å². The Bertz CT molecular complexity index is 379. The minimum absolute atomic E-state index is 0.225. The fourth-order valence-corrected chi connectivity index (χ4v) is 2.89. The van der Waals surface area contributed by atoms with Crippen molar-refractivity contribution in [2.24, 2.45) is 0 Å². The quantitative estimate of drug-likeness (QED) is 0.548. The average Bonchev–Trinajstić information content (AvgIpc) is 2.22. The monoisotopic (exact) mass is 412 g/mol. The first-order chi connectivity index (χ1) is 7.54. The van der Waals surface area contributed by atoms with Crippen LogP contribution in [0, 0.1) is 0 Å². The number of benzene rings is 1. The van der Waals surface area contributed by atoms with E-state index in [0.717, 1.165) is 14.5 Å². The molecule has 0 heterocycles. The van der Waals surface area contributed by atoms with E-state index in [1.54, 1.807) is 6.92 Å². The zero-order chi connectivity index (χ0) is 12.1. The van der Waals surface area contributed by atoms with E-state index in [-0.39, 0.29) is 10.8 Å². The Hall–Kier alpha value is 0.130. The molecule has 1 rings (SSSR count). The Balaban J connectivity index is 2.69. The van der Waals surface area contributed by atoms with Crippen molar-refractivity contribution in [3.05, 3.63) is 32.7 Å². The summed E-state index contributed by atoms with van der Waals surface area (Å²) in [5.74, 6) is -0.225. The Morgan fingerprint density at radius 2 is 2.12 bits per heavy atom. The maximum atomic E-state index is 11.4. The van der Waals surface area contributed by atoms with Crippen LogP contribution in [0.25, 0.3) is 0 Å². The molecule has 0 aliphatic rings. The lowest BCUT2D eigenvalue weighted by Crippen LogP contribution is -2.19. The summed E-state index contributed by atoms with van der Waals surface area (Å²) in [6.45, 7) is 2.20. The van der Waals surface area contributed by atoms with E-state index in [9.17, 15) is 4.79 Å². The van der Waals surface area contributed by atoms with Gasteiger partial charge in [-0.05, 0) is 31.0 Å². The predicted octanol–water partition coefficient (Wildman–Crippen LogP) is 4.08. The highest BCUT2D eigenvalue weighted by atomic mass is 79.9. The molecule has 0 saturated carbocycles. The van der Waals surface area contributed by atoms with Crippen LogP contribution < -0.4 is 0 Å². The van der Waals surface area contributed by atoms with E-state index in [1.165, 1.54) is 0 Å². The minimum Gasteiger partial charge on any atom is -0.465 e. The second-order valence-electron chi connectivity index (χ2n) is 3.16. The number of carbonyl (C=O) groups excluding carboxylic acids is 1. The molecule has 0 saturated heterocycles. The van der Waals surface area contributed by atoms with Crippen LogP contribution in [0.3, 0.4) is 0 Å². The smallest absolute Gasteiger partial charge is 0.320 e. The number of carbonyl (C=O) groups is 1. The van der Waals surface area contributed by atoms with Gasteiger partial charge in [0.15, 0.2) is 0 Å². The third-order valence-electron chi connectivity index (χ3n) is 1.96. The number of hydrogen-bond donors (Lipinski definition) is 0. The molecule has 88 valence electrons. The molecule has 0 aromatic heterocycles. The molecule has 1 aromatic carbocycles. The zero-order valence-electron chi connectivity index (χ0n) is 8.67. The van der Waals surface area contributed by atoms with Crippen LogP contribution in [0.2, 0.25) is 0 Å². The van der Waals surface area contributed by atoms with Gasteiger partial charge < -0.3 is 4.74 Å². The molecule has 5 heteroatoms. The van der Waals surface area contributed by atoms with Gasteiger partial charge in [0, 0.05) is 8.95 Å². The standard InChI is InChI=1S/C11H11Br3O2/c1-2-16-11(15)10(14)5-7-3-4-8(12)6-9(7)13/h3-4,6,10H,2,5H2,1H3. The van der Waals surface area contributed by atoms with Gasteiger partial charge in [0.25, 0.3) is 0 Å². The van der Waals surface area contributed by atoms with Gasteiger partial charge in [0.05, 0.1) is 6.61 Å². The van der Waals surface area contributed by atoms with Crippen LogP contribution in [0.5, 0.6) is 0 Å². The van der Waals surface area contributed by atoms with E-state index in [4.69, 9.17) is 4.74 Å². The molecule has 0 radical (unpaired) electrons. The highest BCUT2D eigenvalue weighted by Crippen LogP contribution is 2.24. The van der Waals surface area contributed by atoms with Crippen molar-refractivity contribution in [3.63, 3.8) is 0 Å². The number of rotatable bonds is 4. The van der Waals surface area contributed by atoms with Gasteiger partial charge in [0.1, 0.15) is 4.83 Å². The van der Waals surface area contributed by atoms with Crippen LogP contribution >= 0.6 is 47.8 Å². The summed E-state index contributed by atoms with van der Waals surface area (Å²) in [5, 5.41) is 0. The molecule has 0 spiro atoms. The second kappa shape index (κ2) is 6.77. The summed E-state index contributed by atoms with van der Waals surface area (Å²) >= 11 is 10.2. The summed E-state index contributed by atoms with van der Waals surface area (Å²) in [6, 6.07) is 5.88. The largest absolute Gasteiger partial charge is 0.465 e. The number of ether oxygens (including phenoxy) is 1. The average molecular weight is 415 g/mol. The lowest BCUT2D eigenvalue weighted by Gasteiger charge is -2.10. The van der Waals surface area contributed by atoms with E-state index in [1.807, 2.05) is 18.2 Å². The van der Waals surface area contributed by atoms with E-state index in [2.05, 4.69) is 47.8 Å². The van der Waals surface area contributed by atoms with Crippen LogP contribution in [0.4, 0.5) is 0 Å². The van der Waals surface area contributed by atoms with Crippen LogP contribution in [0.15, 0.2) is 27.1 Å². The van der Waals surface area contributed by atoms with Crippen molar-refractivity contribution >= 4 is 53.8 Å². The topological polar surface area (TPSA) is 26.3 Å². The third-order valence-corrected chi connectivity index (χ3v) is 3.89. The first-order valence-electron chi connectivity index (χ1n) is 4.79. The maximum Gasteiger partial charge on any atom is 0.320 e. The maximum absolute atomic E-state index is 11.4. The van der Waals surface area contributed by atoms with Crippen LogP contribution in [-0.4, -0.2) is 17.4 Å². The van der Waals surface area contributed by atoms with Gasteiger partial charge in [-0.3, -0.25) is 4.79 Å². The number of hydrogen-bond acceptors (Lipinski definition) is 2. The van der Waals surface area contributed by atoms with Gasteiger partial charge in [-0.15, -0.1) is 0 Å². The molecule has 0 N–H and O–H groups in total. The summed E-state index contributed by atoms with van der Waals surface area (Å²) < 4.78 is 6.92. The molecular formula is C11H11Br3O2. The van der Waals surface area contributed by atoms with Gasteiger partial charge in [-0.1, -0.05) is 53.9 Å². The SMILES string of the molecule is CCOC(=O)C(Br)Cc1ccc(Br)cc1Br. The Labute approximate surface area is 120 Å². The molecular weight excluding hydrogens is 404 g/mol. The van der Waals surface area contributed by atoms with E-state index in [0.29, 0.717) is 13.0 Å². The molecule has 0 bridgehead atoms. The molecule has 2 nitrogen and oxygen atoms in total. The molecule has 1 unspecified atom stereocenters. The molecule has 1 aromatic rings. The van der Waals surface area contributed by atoms with Crippen molar-refractivity contribution in [3.8, 4) is 0 Å². The third kappa shape index (κ3) is 4.18. The number of alkyl halides is 1. The Morgan fingerprint density at radius 3 is 2.69 bits per heavy atom. The van der Waals surface area contributed by atoms with E-state index < -0.39 is 0 Å². The fraction of sp³-hybridized carbons (Fsp3) is 0.364. The zero-order valence-corrected chi connectivity index (χ0v) is 13.4. The molecule has 0 fully saturated rings. The lowest BCUT2D eigenvalue weighted by molar-refractivity contribution is -0.142. The summed E-state index contributed by atoms with van der Waals surface area (Å²) in [7, 11) is 0. The molecule has 0 amide bonds. The fourth-order valence-electron chi connectivity index (χ4n) is 1.20. The lowest BCUT2D eigenvalue weighted by atomic mass is 10.1. The van der Waals surface area contributed by atoms with Crippen molar-refractivity contribution in [2.45, 2.75) is 18.2 Å². The number of esters is 1. The summed E-state index contributed by atoms with van der Waals surface area (Å²) in [5.41, 5.74) is 1.07. The van der Waals surface area contributed by atoms with Gasteiger partial charge >= 0.3 is 5.97 Å². The van der Waals surface area contributed by atoms with Crippen LogP contribution in [0.1, 0.15) is 12.5 Å². The normalized spacial score (nSPS) is 12.2. The van der Waals surface area contributed by atoms with Gasteiger partial charge in [-0.25, -0.2) is 0 Å². The molecule has 0 aliphatic carbocycles. The highest BCUT2D eigenvalue weighted by Gasteiger charge is 2.17. The van der Waals surface area contributed by atoms with Crippen molar-refractivity contribution in [1.82, 2.24) is 0 Å². The van der Waals surface area contributed by atoms with Gasteiger partial charge in [0.2, 0.25) is 0 Å². The first-order valence-corrected chi connectivity index (χ1v) is 7.29. The van der Waals surface area contributed by atoms with Crippen LogP contribution in [-0.2, 0) is 16.0 Å². The Morgan fingerprint density at radius 1 is 1.44 bits per heavy atom. The van der Waals surface area contributed by atoms with E-state index >= 15 is 0 Å². The highest BCUT2D eigenvalue weighted by molar-refractivity contribution is 9.11. The summed E-state index contributed by atoms with van der Waals surface area (Å²) in [4.78, 5) is 11.1. The Kier molecular flexibility index (Phi) is 6.00. The molecule has 0 aliphatic heterocycles. The summed E-state index contributed by atoms with van der Waals surface area (Å²) in [6.07, 6.45) is 0.604. The van der Waals surface area contributed by atoms with Crippen molar-refractivity contribution in [1.29, 1.82) is 0 Å². The first kappa shape index (κ1) is 14.2. The minimum atomic E-state index is -0.301. The van der Waals surface area contributed by atoms with Gasteiger partial charge in [-0.2, -0.15) is 0 Å². The molecule has 1 atom stereocenters. The number of halogens is 3. The second-order valence-corrected chi connectivity index (χ2v) is 6.03. The molecule has 16 heavy (non-hydrogen) atoms. The van der Waals surface area contributed by atoms with Crippen molar-refractivity contribution in [2.75, 3.05) is 6.61 Å². The predicted molar refractivity (Wildman–Crippen MR) is 74.9 cm³/mol.